The molecule has 0 aliphatic carbocycles. The van der Waals surface area contributed by atoms with Gasteiger partial charge >= 0.3 is 0 Å². The van der Waals surface area contributed by atoms with Crippen molar-refractivity contribution in [2.45, 2.75) is 6.42 Å². The van der Waals surface area contributed by atoms with E-state index in [0.717, 1.165) is 6.42 Å². The highest BCUT2D eigenvalue weighted by Gasteiger charge is 2.04. The molecule has 0 unspecified atom stereocenters. The Bertz CT molecular complexity index is 999. The van der Waals surface area contributed by atoms with Crippen molar-refractivity contribution in [1.82, 2.24) is 0 Å². The second kappa shape index (κ2) is 9.85. The minimum atomic E-state index is -0.463. The number of hydrogen-bond acceptors (Lipinski definition) is 4. The van der Waals surface area contributed by atoms with E-state index in [9.17, 15) is 14.9 Å². The van der Waals surface area contributed by atoms with E-state index in [4.69, 9.17) is 4.74 Å². The SMILES string of the molecule is O=C(/C=C/c1ccc([N+](=O)[O-])cc1)Nc1cccc(OCCc2ccccc2)c1. The van der Waals surface area contributed by atoms with E-state index in [-0.39, 0.29) is 11.6 Å². The van der Waals surface area contributed by atoms with Crippen LogP contribution in [-0.4, -0.2) is 17.4 Å². The van der Waals surface area contributed by atoms with Crippen molar-refractivity contribution in [1.29, 1.82) is 0 Å². The Hall–Kier alpha value is -3.93. The molecule has 6 heteroatoms. The number of nitrogens with zero attached hydrogens (tertiary/aromatic N) is 1. The normalized spacial score (nSPS) is 10.6. The van der Waals surface area contributed by atoms with Crippen LogP contribution in [0.5, 0.6) is 5.75 Å². The van der Waals surface area contributed by atoms with Gasteiger partial charge in [-0.25, -0.2) is 0 Å². The van der Waals surface area contributed by atoms with Crippen molar-refractivity contribution >= 4 is 23.4 Å². The first-order valence-electron chi connectivity index (χ1n) is 9.10. The third-order valence-corrected chi connectivity index (χ3v) is 4.13. The molecule has 0 aliphatic rings. The van der Waals surface area contributed by atoms with Gasteiger partial charge in [0.2, 0.25) is 5.91 Å². The average Bonchev–Trinajstić information content (AvgIpc) is 2.74. The van der Waals surface area contributed by atoms with Gasteiger partial charge in [-0.05, 0) is 41.5 Å². The van der Waals surface area contributed by atoms with Gasteiger partial charge in [-0.3, -0.25) is 14.9 Å². The van der Waals surface area contributed by atoms with E-state index >= 15 is 0 Å². The Kier molecular flexibility index (Phi) is 6.73. The van der Waals surface area contributed by atoms with E-state index < -0.39 is 4.92 Å². The molecule has 0 fully saturated rings. The van der Waals surface area contributed by atoms with Crippen LogP contribution in [0.25, 0.3) is 6.08 Å². The van der Waals surface area contributed by atoms with E-state index in [1.165, 1.54) is 23.8 Å². The molecule has 6 nitrogen and oxygen atoms in total. The maximum atomic E-state index is 12.1. The molecule has 0 heterocycles. The van der Waals surface area contributed by atoms with Crippen LogP contribution in [0.2, 0.25) is 0 Å². The highest BCUT2D eigenvalue weighted by Crippen LogP contribution is 2.18. The van der Waals surface area contributed by atoms with E-state index in [1.54, 1.807) is 30.3 Å². The molecule has 0 atom stereocenters. The number of ether oxygens (including phenoxy) is 1. The first-order chi connectivity index (χ1) is 14.1. The fourth-order valence-electron chi connectivity index (χ4n) is 2.66. The molecular formula is C23H20N2O4. The first-order valence-corrected chi connectivity index (χ1v) is 9.10. The molecule has 1 N–H and O–H groups in total. The van der Waals surface area contributed by atoms with Gasteiger partial charge in [-0.15, -0.1) is 0 Å². The number of non-ortho nitro benzene ring substituents is 1. The number of benzene rings is 3. The standard InChI is InChI=1S/C23H20N2O4/c26-23(14-11-19-9-12-21(13-10-19)25(27)28)24-20-7-4-8-22(17-20)29-16-15-18-5-2-1-3-6-18/h1-14,17H,15-16H2,(H,24,26)/b14-11+. The summed E-state index contributed by atoms with van der Waals surface area (Å²) in [7, 11) is 0. The fraction of sp³-hybridized carbons (Fsp3) is 0.0870. The zero-order valence-corrected chi connectivity index (χ0v) is 15.7. The molecule has 0 saturated carbocycles. The zero-order chi connectivity index (χ0) is 20.5. The van der Waals surface area contributed by atoms with Crippen molar-refractivity contribution in [3.63, 3.8) is 0 Å². The third kappa shape index (κ3) is 6.32. The summed E-state index contributed by atoms with van der Waals surface area (Å²) in [5.41, 5.74) is 2.54. The van der Waals surface area contributed by atoms with Crippen molar-refractivity contribution < 1.29 is 14.5 Å². The maximum absolute atomic E-state index is 12.1. The second-order valence-corrected chi connectivity index (χ2v) is 6.28. The summed E-state index contributed by atoms with van der Waals surface area (Å²) in [6, 6.07) is 23.2. The molecule has 3 aromatic carbocycles. The molecular weight excluding hydrogens is 368 g/mol. The van der Waals surface area contributed by atoms with Crippen molar-refractivity contribution in [2.75, 3.05) is 11.9 Å². The third-order valence-electron chi connectivity index (χ3n) is 4.13. The molecule has 29 heavy (non-hydrogen) atoms. The lowest BCUT2D eigenvalue weighted by Gasteiger charge is -2.08. The largest absolute Gasteiger partial charge is 0.493 e. The summed E-state index contributed by atoms with van der Waals surface area (Å²) in [6.07, 6.45) is 3.78. The molecule has 3 aromatic rings. The van der Waals surface area contributed by atoms with Crippen molar-refractivity contribution in [3.8, 4) is 5.75 Å². The number of anilines is 1. The lowest BCUT2D eigenvalue weighted by Crippen LogP contribution is -2.08. The minimum absolute atomic E-state index is 0.00989. The zero-order valence-electron chi connectivity index (χ0n) is 15.7. The van der Waals surface area contributed by atoms with Gasteiger partial charge in [0.25, 0.3) is 5.69 Å². The molecule has 146 valence electrons. The van der Waals surface area contributed by atoms with Crippen LogP contribution in [0.4, 0.5) is 11.4 Å². The molecule has 0 saturated heterocycles. The van der Waals surface area contributed by atoms with Gasteiger partial charge in [0.05, 0.1) is 11.5 Å². The quantitative estimate of drug-likeness (QED) is 0.339. The van der Waals surface area contributed by atoms with Crippen LogP contribution in [0.15, 0.2) is 84.9 Å². The fourth-order valence-corrected chi connectivity index (χ4v) is 2.66. The number of nitro benzene ring substituents is 1. The Labute approximate surface area is 168 Å². The topological polar surface area (TPSA) is 81.5 Å². The Morgan fingerprint density at radius 1 is 1.00 bits per heavy atom. The smallest absolute Gasteiger partial charge is 0.269 e. The van der Waals surface area contributed by atoms with Crippen LogP contribution < -0.4 is 10.1 Å². The number of rotatable bonds is 8. The average molecular weight is 388 g/mol. The summed E-state index contributed by atoms with van der Waals surface area (Å²) < 4.78 is 5.77. The van der Waals surface area contributed by atoms with Crippen LogP contribution in [-0.2, 0) is 11.2 Å². The molecule has 1 amide bonds. The molecule has 3 rings (SSSR count). The van der Waals surface area contributed by atoms with Gasteiger partial charge in [-0.1, -0.05) is 36.4 Å². The second-order valence-electron chi connectivity index (χ2n) is 6.28. The molecule has 0 spiro atoms. The van der Waals surface area contributed by atoms with Gasteiger partial charge in [0, 0.05) is 36.4 Å². The summed E-state index contributed by atoms with van der Waals surface area (Å²) in [5, 5.41) is 13.4. The number of amides is 1. The summed E-state index contributed by atoms with van der Waals surface area (Å²) in [4.78, 5) is 22.3. The molecule has 0 radical (unpaired) electrons. The minimum Gasteiger partial charge on any atom is -0.493 e. The van der Waals surface area contributed by atoms with E-state index in [0.29, 0.717) is 23.6 Å². The molecule has 0 bridgehead atoms. The monoisotopic (exact) mass is 388 g/mol. The van der Waals surface area contributed by atoms with Gasteiger partial charge in [-0.2, -0.15) is 0 Å². The summed E-state index contributed by atoms with van der Waals surface area (Å²) in [6.45, 7) is 0.543. The van der Waals surface area contributed by atoms with E-state index in [2.05, 4.69) is 17.4 Å². The van der Waals surface area contributed by atoms with E-state index in [1.807, 2.05) is 30.3 Å². The van der Waals surface area contributed by atoms with Crippen LogP contribution in [0.1, 0.15) is 11.1 Å². The van der Waals surface area contributed by atoms with Crippen LogP contribution >= 0.6 is 0 Å². The van der Waals surface area contributed by atoms with Crippen LogP contribution in [0.3, 0.4) is 0 Å². The predicted octanol–water partition coefficient (Wildman–Crippen LogP) is 4.87. The van der Waals surface area contributed by atoms with Crippen LogP contribution in [0, 0.1) is 10.1 Å². The number of carbonyl (C=O) groups is 1. The van der Waals surface area contributed by atoms with Crippen molar-refractivity contribution in [3.05, 3.63) is 106 Å². The Morgan fingerprint density at radius 2 is 1.76 bits per heavy atom. The lowest BCUT2D eigenvalue weighted by atomic mass is 10.2. The lowest BCUT2D eigenvalue weighted by molar-refractivity contribution is -0.384. The summed E-state index contributed by atoms with van der Waals surface area (Å²) in [5.74, 6) is 0.378. The highest BCUT2D eigenvalue weighted by molar-refractivity contribution is 6.02. The molecule has 0 aromatic heterocycles. The number of carbonyl (C=O) groups excluding carboxylic acids is 1. The van der Waals surface area contributed by atoms with Gasteiger partial charge in [0.15, 0.2) is 0 Å². The highest BCUT2D eigenvalue weighted by atomic mass is 16.6. The van der Waals surface area contributed by atoms with Gasteiger partial charge < -0.3 is 10.1 Å². The molecule has 0 aliphatic heterocycles. The summed E-state index contributed by atoms with van der Waals surface area (Å²) >= 11 is 0. The Morgan fingerprint density at radius 3 is 2.48 bits per heavy atom. The van der Waals surface area contributed by atoms with Crippen molar-refractivity contribution in [2.24, 2.45) is 0 Å². The number of nitrogens with one attached hydrogen (secondary N) is 1. The number of nitro groups is 1. The maximum Gasteiger partial charge on any atom is 0.269 e. The van der Waals surface area contributed by atoms with Gasteiger partial charge in [0.1, 0.15) is 5.75 Å². The predicted molar refractivity (Wildman–Crippen MR) is 113 cm³/mol. The number of hydrogen-bond donors (Lipinski definition) is 1. The first kappa shape index (κ1) is 19.8. The Balaban J connectivity index is 1.52.